The normalized spacial score (nSPS) is 9.33. The predicted octanol–water partition coefficient (Wildman–Crippen LogP) is 0.788. The van der Waals surface area contributed by atoms with Gasteiger partial charge in [0.2, 0.25) is 0 Å². The Bertz CT molecular complexity index is 92.2. The Labute approximate surface area is 53.9 Å². The van der Waals surface area contributed by atoms with Crippen LogP contribution in [0.2, 0.25) is 0 Å². The first-order valence-electron chi connectivity index (χ1n) is 2.65. The van der Waals surface area contributed by atoms with Crippen molar-refractivity contribution in [1.82, 2.24) is 5.73 Å². The SMILES string of the molecule is CC(C)OC(=O)OC[NH]. The van der Waals surface area contributed by atoms with Crippen molar-refractivity contribution in [3.8, 4) is 0 Å². The van der Waals surface area contributed by atoms with E-state index in [9.17, 15) is 4.79 Å². The summed E-state index contributed by atoms with van der Waals surface area (Å²) in [4.78, 5) is 10.3. The Morgan fingerprint density at radius 3 is 2.56 bits per heavy atom. The Kier molecular flexibility index (Phi) is 3.79. The highest BCUT2D eigenvalue weighted by Gasteiger charge is 2.03. The Hall–Kier alpha value is -0.770. The van der Waals surface area contributed by atoms with E-state index in [-0.39, 0.29) is 12.8 Å². The standard InChI is InChI=1S/C5H10NO3/c1-4(2)9-5(7)8-3-6/h4,6H,3H2,1-2H3. The van der Waals surface area contributed by atoms with E-state index in [2.05, 4.69) is 9.47 Å². The fourth-order valence-corrected chi connectivity index (χ4v) is 0.285. The van der Waals surface area contributed by atoms with Gasteiger partial charge in [0.15, 0.2) is 6.73 Å². The van der Waals surface area contributed by atoms with Gasteiger partial charge in [-0.25, -0.2) is 10.5 Å². The van der Waals surface area contributed by atoms with Gasteiger partial charge in [-0.1, -0.05) is 0 Å². The van der Waals surface area contributed by atoms with Crippen molar-refractivity contribution >= 4 is 6.16 Å². The summed E-state index contributed by atoms with van der Waals surface area (Å²) in [5.41, 5.74) is 6.45. The Morgan fingerprint density at radius 1 is 1.67 bits per heavy atom. The highest BCUT2D eigenvalue weighted by atomic mass is 16.7. The minimum Gasteiger partial charge on any atom is -0.432 e. The molecule has 1 N–H and O–H groups in total. The zero-order chi connectivity index (χ0) is 7.28. The number of hydrogen-bond donors (Lipinski definition) is 0. The molecule has 53 valence electrons. The summed E-state index contributed by atoms with van der Waals surface area (Å²) in [7, 11) is 0. The lowest BCUT2D eigenvalue weighted by molar-refractivity contribution is 0.0351. The second-order valence-electron chi connectivity index (χ2n) is 1.71. The molecule has 9 heavy (non-hydrogen) atoms. The molecule has 0 unspecified atom stereocenters. The second-order valence-corrected chi connectivity index (χ2v) is 1.71. The molecule has 0 bridgehead atoms. The molecule has 0 spiro atoms. The molecule has 0 saturated heterocycles. The summed E-state index contributed by atoms with van der Waals surface area (Å²) < 4.78 is 8.67. The quantitative estimate of drug-likeness (QED) is 0.522. The van der Waals surface area contributed by atoms with E-state index in [1.54, 1.807) is 13.8 Å². The number of carbonyl (C=O) groups is 1. The van der Waals surface area contributed by atoms with Gasteiger partial charge in [0.25, 0.3) is 0 Å². The minimum atomic E-state index is -0.778. The predicted molar refractivity (Wildman–Crippen MR) is 30.7 cm³/mol. The van der Waals surface area contributed by atoms with E-state index >= 15 is 0 Å². The largest absolute Gasteiger partial charge is 0.509 e. The van der Waals surface area contributed by atoms with Crippen LogP contribution in [0.4, 0.5) is 4.79 Å². The molecule has 0 fully saturated rings. The molecule has 0 aliphatic rings. The van der Waals surface area contributed by atoms with E-state index in [1.807, 2.05) is 0 Å². The number of nitrogens with one attached hydrogen (secondary N) is 1. The van der Waals surface area contributed by atoms with Gasteiger partial charge >= 0.3 is 6.16 Å². The number of rotatable bonds is 2. The molecule has 4 heteroatoms. The van der Waals surface area contributed by atoms with Crippen LogP contribution < -0.4 is 5.73 Å². The molecule has 1 radical (unpaired) electrons. The molecule has 4 nitrogen and oxygen atoms in total. The first kappa shape index (κ1) is 8.23. The third kappa shape index (κ3) is 5.10. The smallest absolute Gasteiger partial charge is 0.432 e. The summed E-state index contributed by atoms with van der Waals surface area (Å²) in [6.07, 6.45) is -0.955. The number of ether oxygens (including phenoxy) is 2. The molecule has 0 saturated carbocycles. The molecule has 0 aliphatic heterocycles. The van der Waals surface area contributed by atoms with Crippen molar-refractivity contribution in [3.63, 3.8) is 0 Å². The Balaban J connectivity index is 3.27. The molecule has 0 aliphatic carbocycles. The molecule has 0 aromatic carbocycles. The number of carbonyl (C=O) groups excluding carboxylic acids is 1. The maximum absolute atomic E-state index is 10.3. The van der Waals surface area contributed by atoms with E-state index in [0.29, 0.717) is 0 Å². The third-order valence-corrected chi connectivity index (χ3v) is 0.522. The van der Waals surface area contributed by atoms with Crippen molar-refractivity contribution in [1.29, 1.82) is 0 Å². The summed E-state index contributed by atoms with van der Waals surface area (Å²) in [5, 5.41) is 0. The highest BCUT2D eigenvalue weighted by molar-refractivity contribution is 5.59. The van der Waals surface area contributed by atoms with Gasteiger partial charge in [0.1, 0.15) is 0 Å². The Morgan fingerprint density at radius 2 is 2.22 bits per heavy atom. The van der Waals surface area contributed by atoms with Crippen LogP contribution >= 0.6 is 0 Å². The van der Waals surface area contributed by atoms with Gasteiger partial charge in [-0.3, -0.25) is 0 Å². The fourth-order valence-electron chi connectivity index (χ4n) is 0.285. The second kappa shape index (κ2) is 4.14. The molecule has 0 rings (SSSR count). The van der Waals surface area contributed by atoms with E-state index in [1.165, 1.54) is 0 Å². The molecule has 0 atom stereocenters. The third-order valence-electron chi connectivity index (χ3n) is 0.522. The van der Waals surface area contributed by atoms with Crippen LogP contribution in [-0.4, -0.2) is 19.0 Å². The lowest BCUT2D eigenvalue weighted by Gasteiger charge is -2.05. The van der Waals surface area contributed by atoms with E-state index in [0.717, 1.165) is 0 Å². The van der Waals surface area contributed by atoms with Gasteiger partial charge in [0.05, 0.1) is 6.10 Å². The average Bonchev–Trinajstić information content (AvgIpc) is 1.63. The summed E-state index contributed by atoms with van der Waals surface area (Å²) in [6.45, 7) is 3.04. The van der Waals surface area contributed by atoms with Crippen molar-refractivity contribution in [3.05, 3.63) is 0 Å². The van der Waals surface area contributed by atoms with Crippen LogP contribution in [0.5, 0.6) is 0 Å². The first-order chi connectivity index (χ1) is 4.16. The molecule has 0 aromatic rings. The zero-order valence-corrected chi connectivity index (χ0v) is 5.51. The lowest BCUT2D eigenvalue weighted by Crippen LogP contribution is -2.13. The minimum absolute atomic E-state index is 0.177. The average molecular weight is 132 g/mol. The molecule has 0 heterocycles. The van der Waals surface area contributed by atoms with Crippen molar-refractivity contribution in [2.75, 3.05) is 6.73 Å². The van der Waals surface area contributed by atoms with E-state index < -0.39 is 6.16 Å². The van der Waals surface area contributed by atoms with Crippen LogP contribution in [0.1, 0.15) is 13.8 Å². The van der Waals surface area contributed by atoms with Crippen LogP contribution in [0, 0.1) is 0 Å². The summed E-state index contributed by atoms with van der Waals surface area (Å²) in [6, 6.07) is 0. The molecule has 0 amide bonds. The van der Waals surface area contributed by atoms with E-state index in [4.69, 9.17) is 5.73 Å². The van der Waals surface area contributed by atoms with Gasteiger partial charge in [-0.2, -0.15) is 0 Å². The first-order valence-corrected chi connectivity index (χ1v) is 2.65. The maximum Gasteiger partial charge on any atom is 0.509 e. The van der Waals surface area contributed by atoms with Crippen molar-refractivity contribution in [2.45, 2.75) is 20.0 Å². The van der Waals surface area contributed by atoms with Crippen LogP contribution in [0.15, 0.2) is 0 Å². The van der Waals surface area contributed by atoms with Crippen molar-refractivity contribution in [2.24, 2.45) is 0 Å². The maximum atomic E-state index is 10.3. The van der Waals surface area contributed by atoms with Gasteiger partial charge in [-0.05, 0) is 13.8 Å². The van der Waals surface area contributed by atoms with Crippen molar-refractivity contribution < 1.29 is 14.3 Å². The van der Waals surface area contributed by atoms with Gasteiger partial charge in [0, 0.05) is 0 Å². The fraction of sp³-hybridized carbons (Fsp3) is 0.800. The van der Waals surface area contributed by atoms with Gasteiger partial charge < -0.3 is 9.47 Å². The van der Waals surface area contributed by atoms with Crippen LogP contribution in [0.25, 0.3) is 0 Å². The highest BCUT2D eigenvalue weighted by Crippen LogP contribution is 1.90. The summed E-state index contributed by atoms with van der Waals surface area (Å²) >= 11 is 0. The molecule has 0 aromatic heterocycles. The zero-order valence-electron chi connectivity index (χ0n) is 5.51. The topological polar surface area (TPSA) is 59.3 Å². The van der Waals surface area contributed by atoms with Gasteiger partial charge in [-0.15, -0.1) is 0 Å². The monoisotopic (exact) mass is 132 g/mol. The lowest BCUT2D eigenvalue weighted by atomic mass is 10.5. The van der Waals surface area contributed by atoms with Crippen LogP contribution in [-0.2, 0) is 9.47 Å². The molecular formula is C5H10NO3. The molecular weight excluding hydrogens is 122 g/mol. The summed E-state index contributed by atoms with van der Waals surface area (Å²) in [5.74, 6) is 0. The number of hydrogen-bond acceptors (Lipinski definition) is 3. The van der Waals surface area contributed by atoms with Crippen LogP contribution in [0.3, 0.4) is 0 Å².